The molecule has 2 aromatic heterocycles. The summed E-state index contributed by atoms with van der Waals surface area (Å²) in [5, 5.41) is 43.5. The molecule has 5 rings (SSSR count). The van der Waals surface area contributed by atoms with Crippen LogP contribution in [0.1, 0.15) is 11.1 Å². The van der Waals surface area contributed by atoms with Gasteiger partial charge < -0.3 is 26.7 Å². The van der Waals surface area contributed by atoms with Gasteiger partial charge in [-0.1, -0.05) is 6.07 Å². The lowest BCUT2D eigenvalue weighted by atomic mass is 9.95. The van der Waals surface area contributed by atoms with E-state index >= 15 is 0 Å². The number of imidazole rings is 1. The highest BCUT2D eigenvalue weighted by Gasteiger charge is 2.20. The summed E-state index contributed by atoms with van der Waals surface area (Å²) in [5.41, 5.74) is 15.7. The molecule has 0 aliphatic rings. The van der Waals surface area contributed by atoms with Crippen LogP contribution in [0.25, 0.3) is 44.9 Å². The number of nitrogen functional groups attached to an aromatic ring is 1. The summed E-state index contributed by atoms with van der Waals surface area (Å²) in [6.45, 7) is 0.271. The number of nitrogens with zero attached hydrogens (tertiary/aromatic N) is 4. The first kappa shape index (κ1) is 20.2. The van der Waals surface area contributed by atoms with Crippen LogP contribution in [0.3, 0.4) is 0 Å². The third-order valence-corrected chi connectivity index (χ3v) is 5.35. The highest BCUT2D eigenvalue weighted by molar-refractivity contribution is 5.98. The number of phenols is 2. The van der Waals surface area contributed by atoms with Crippen molar-refractivity contribution in [2.45, 2.75) is 6.54 Å². The molecule has 0 bridgehead atoms. The predicted octanol–water partition coefficient (Wildman–Crippen LogP) is 2.23. The molecule has 0 saturated carbocycles. The van der Waals surface area contributed by atoms with E-state index in [4.69, 9.17) is 16.9 Å². The Hall–Kier alpha value is -4.77. The fourth-order valence-electron chi connectivity index (χ4n) is 3.66. The summed E-state index contributed by atoms with van der Waals surface area (Å²) < 4.78 is 0. The molecule has 0 aliphatic heterocycles. The van der Waals surface area contributed by atoms with Crippen LogP contribution >= 0.6 is 0 Å². The van der Waals surface area contributed by atoms with Crippen LogP contribution < -0.4 is 11.5 Å². The summed E-state index contributed by atoms with van der Waals surface area (Å²) in [7, 11) is 0. The summed E-state index contributed by atoms with van der Waals surface area (Å²) in [4.78, 5) is 7.75. The molecule has 164 valence electrons. The standard InChI is InChI=1S/C22H19N9O2/c23-9-10-1-4-18(32)13(5-10)14-6-12(21-28-30-31-29-21)7-15(19(14)33)22-26-16-3-2-11(20(24)25)8-17(16)27-22/h1-8,32-33H,9,23H2,(H3,24,25)(H,26,27)(H,28,29,30,31). The Morgan fingerprint density at radius 2 is 1.82 bits per heavy atom. The molecule has 0 saturated heterocycles. The molecule has 11 heteroatoms. The molecule has 0 amide bonds. The third kappa shape index (κ3) is 3.51. The monoisotopic (exact) mass is 441 g/mol. The topological polar surface area (TPSA) is 199 Å². The molecule has 0 aliphatic carbocycles. The number of H-pyrrole nitrogens is 2. The molecule has 0 unspecified atom stereocenters. The van der Waals surface area contributed by atoms with Gasteiger partial charge in [0.1, 0.15) is 23.2 Å². The van der Waals surface area contributed by atoms with Gasteiger partial charge in [-0.2, -0.15) is 5.21 Å². The van der Waals surface area contributed by atoms with Crippen molar-refractivity contribution in [1.82, 2.24) is 30.6 Å². The van der Waals surface area contributed by atoms with Gasteiger partial charge in [0.15, 0.2) is 0 Å². The van der Waals surface area contributed by atoms with Gasteiger partial charge in [-0.15, -0.1) is 10.2 Å². The smallest absolute Gasteiger partial charge is 0.204 e. The lowest BCUT2D eigenvalue weighted by molar-refractivity contribution is 0.470. The van der Waals surface area contributed by atoms with Gasteiger partial charge in [0.05, 0.1) is 16.6 Å². The lowest BCUT2D eigenvalue weighted by Crippen LogP contribution is -2.10. The van der Waals surface area contributed by atoms with E-state index in [1.165, 1.54) is 6.07 Å². The normalized spacial score (nSPS) is 11.2. The van der Waals surface area contributed by atoms with Crippen molar-refractivity contribution in [3.63, 3.8) is 0 Å². The maximum atomic E-state index is 11.3. The van der Waals surface area contributed by atoms with Crippen LogP contribution in [0.4, 0.5) is 0 Å². The Bertz CT molecular complexity index is 1510. The second-order valence-electron chi connectivity index (χ2n) is 7.44. The average Bonchev–Trinajstić information content (AvgIpc) is 3.49. The molecule has 0 fully saturated rings. The minimum absolute atomic E-state index is 0.0191. The highest BCUT2D eigenvalue weighted by atomic mass is 16.3. The number of rotatable bonds is 5. The zero-order chi connectivity index (χ0) is 23.1. The molecule has 11 nitrogen and oxygen atoms in total. The lowest BCUT2D eigenvalue weighted by Gasteiger charge is -2.13. The molecule has 5 aromatic rings. The summed E-state index contributed by atoms with van der Waals surface area (Å²) in [6, 6.07) is 13.5. The molecule has 33 heavy (non-hydrogen) atoms. The van der Waals surface area contributed by atoms with Crippen molar-refractivity contribution in [2.24, 2.45) is 11.5 Å². The van der Waals surface area contributed by atoms with E-state index in [1.54, 1.807) is 42.5 Å². The number of fused-ring (bicyclic) bond motifs is 1. The van der Waals surface area contributed by atoms with E-state index in [9.17, 15) is 10.2 Å². The van der Waals surface area contributed by atoms with Crippen molar-refractivity contribution in [3.05, 3.63) is 59.7 Å². The van der Waals surface area contributed by atoms with E-state index in [0.29, 0.717) is 50.5 Å². The fraction of sp³-hybridized carbons (Fsp3) is 0.0455. The van der Waals surface area contributed by atoms with Crippen molar-refractivity contribution < 1.29 is 10.2 Å². The Morgan fingerprint density at radius 3 is 2.55 bits per heavy atom. The van der Waals surface area contributed by atoms with E-state index in [2.05, 4.69) is 30.6 Å². The number of benzene rings is 3. The molecule has 2 heterocycles. The predicted molar refractivity (Wildman–Crippen MR) is 122 cm³/mol. The molecular formula is C22H19N9O2. The van der Waals surface area contributed by atoms with Gasteiger partial charge in [0.2, 0.25) is 5.82 Å². The maximum Gasteiger partial charge on any atom is 0.204 e. The van der Waals surface area contributed by atoms with Crippen molar-refractivity contribution in [3.8, 4) is 45.4 Å². The second kappa shape index (κ2) is 7.73. The minimum Gasteiger partial charge on any atom is -0.507 e. The van der Waals surface area contributed by atoms with Crippen LogP contribution in [0.15, 0.2) is 48.5 Å². The first-order chi connectivity index (χ1) is 15.9. The number of hydrogen-bond acceptors (Lipinski definition) is 8. The summed E-state index contributed by atoms with van der Waals surface area (Å²) in [6.07, 6.45) is 0. The van der Waals surface area contributed by atoms with Crippen molar-refractivity contribution >= 4 is 16.9 Å². The van der Waals surface area contributed by atoms with Crippen LogP contribution in [0, 0.1) is 5.41 Å². The largest absolute Gasteiger partial charge is 0.507 e. The molecule has 0 radical (unpaired) electrons. The number of hydrogen-bond donors (Lipinski definition) is 7. The first-order valence-electron chi connectivity index (χ1n) is 9.92. The third-order valence-electron chi connectivity index (χ3n) is 5.35. The van der Waals surface area contributed by atoms with Crippen LogP contribution in [-0.2, 0) is 6.54 Å². The van der Waals surface area contributed by atoms with Crippen molar-refractivity contribution in [2.75, 3.05) is 0 Å². The first-order valence-corrected chi connectivity index (χ1v) is 9.92. The van der Waals surface area contributed by atoms with Crippen molar-refractivity contribution in [1.29, 1.82) is 5.41 Å². The van der Waals surface area contributed by atoms with Gasteiger partial charge >= 0.3 is 0 Å². The Balaban J connectivity index is 1.76. The zero-order valence-electron chi connectivity index (χ0n) is 17.2. The number of aromatic amines is 2. The SMILES string of the molecule is N=C(N)c1ccc2nc(-c3cc(-c4nn[nH]n4)cc(-c4cc(CN)ccc4O)c3O)[nH]c2c1. The van der Waals surface area contributed by atoms with E-state index in [0.717, 1.165) is 5.56 Å². The number of aromatic hydroxyl groups is 2. The fourth-order valence-corrected chi connectivity index (χ4v) is 3.66. The second-order valence-corrected chi connectivity index (χ2v) is 7.44. The number of tetrazole rings is 1. The van der Waals surface area contributed by atoms with Crippen LogP contribution in [0.5, 0.6) is 11.5 Å². The van der Waals surface area contributed by atoms with Crippen LogP contribution in [-0.4, -0.2) is 46.6 Å². The number of nitrogens with two attached hydrogens (primary N) is 2. The quantitative estimate of drug-likeness (QED) is 0.159. The average molecular weight is 441 g/mol. The molecule has 9 N–H and O–H groups in total. The van der Waals surface area contributed by atoms with Crippen LogP contribution in [0.2, 0.25) is 0 Å². The number of phenolic OH excluding ortho intramolecular Hbond substituents is 2. The molecular weight excluding hydrogens is 422 g/mol. The summed E-state index contributed by atoms with van der Waals surface area (Å²) >= 11 is 0. The van der Waals surface area contributed by atoms with E-state index in [1.807, 2.05) is 0 Å². The van der Waals surface area contributed by atoms with Gasteiger partial charge in [0.25, 0.3) is 0 Å². The maximum absolute atomic E-state index is 11.3. The van der Waals surface area contributed by atoms with Gasteiger partial charge in [0, 0.05) is 28.8 Å². The van der Waals surface area contributed by atoms with Gasteiger partial charge in [-0.3, -0.25) is 5.41 Å². The number of amidine groups is 1. The molecule has 0 atom stereocenters. The number of nitrogens with one attached hydrogen (secondary N) is 3. The zero-order valence-corrected chi connectivity index (χ0v) is 17.2. The van der Waals surface area contributed by atoms with E-state index in [-0.39, 0.29) is 23.9 Å². The summed E-state index contributed by atoms with van der Waals surface area (Å²) in [5.74, 6) is 0.505. The number of aromatic nitrogens is 6. The Labute approximate surface area is 186 Å². The highest BCUT2D eigenvalue weighted by Crippen LogP contribution is 2.43. The minimum atomic E-state index is -0.0995. The van der Waals surface area contributed by atoms with Gasteiger partial charge in [-0.25, -0.2) is 4.98 Å². The molecule has 3 aromatic carbocycles. The van der Waals surface area contributed by atoms with Gasteiger partial charge in [-0.05, 0) is 53.2 Å². The Kier molecular flexibility index (Phi) is 4.72. The Morgan fingerprint density at radius 1 is 1.00 bits per heavy atom. The van der Waals surface area contributed by atoms with E-state index < -0.39 is 0 Å². The molecule has 0 spiro atoms.